The van der Waals surface area contributed by atoms with Crippen molar-refractivity contribution in [2.45, 2.75) is 25.2 Å². The lowest BCUT2D eigenvalue weighted by atomic mass is 9.55. The maximum absolute atomic E-state index is 6.03. The van der Waals surface area contributed by atoms with Crippen molar-refractivity contribution in [3.63, 3.8) is 0 Å². The summed E-state index contributed by atoms with van der Waals surface area (Å²) in [6.45, 7) is 4.57. The Hall–Kier alpha value is -3.92. The van der Waals surface area contributed by atoms with Gasteiger partial charge in [0.05, 0.1) is 0 Å². The molecule has 0 fully saturated rings. The fraction of sp³-hybridized carbons (Fsp3) is 0.143. The summed E-state index contributed by atoms with van der Waals surface area (Å²) in [6.07, 6.45) is 0. The molecule has 32 heavy (non-hydrogen) atoms. The van der Waals surface area contributed by atoms with E-state index in [-0.39, 0.29) is 5.41 Å². The van der Waals surface area contributed by atoms with Gasteiger partial charge in [-0.25, -0.2) is 0 Å². The van der Waals surface area contributed by atoms with Gasteiger partial charge in [0.1, 0.15) is 23.0 Å². The van der Waals surface area contributed by atoms with Crippen LogP contribution in [0.5, 0.6) is 23.0 Å². The second kappa shape index (κ2) is 7.65. The zero-order valence-corrected chi connectivity index (χ0v) is 18.2. The second-order valence-corrected chi connectivity index (χ2v) is 8.54. The summed E-state index contributed by atoms with van der Waals surface area (Å²) in [5.74, 6) is 3.58. The maximum atomic E-state index is 6.03. The maximum Gasteiger partial charge on any atom is 0.127 e. The van der Waals surface area contributed by atoms with Crippen molar-refractivity contribution in [1.29, 1.82) is 0 Å². The molecule has 0 saturated heterocycles. The normalized spacial score (nSPS) is 19.0. The van der Waals surface area contributed by atoms with Gasteiger partial charge in [0.2, 0.25) is 0 Å². The second-order valence-electron chi connectivity index (χ2n) is 8.54. The molecule has 1 aliphatic carbocycles. The standard InChI is InChI=1S/C28H26N2O2/c1-18-26-17-25(32-24-13-7-21(30)8-14-24)15-16-27(26)28(18,2)19-3-9-22(10-4-19)31-23-11-5-20(29)6-12-23/h3-18H,29-30H2,1-2H3. The quantitative estimate of drug-likeness (QED) is 0.345. The van der Waals surface area contributed by atoms with Gasteiger partial charge >= 0.3 is 0 Å². The monoisotopic (exact) mass is 422 g/mol. The van der Waals surface area contributed by atoms with Crippen molar-refractivity contribution in [3.8, 4) is 23.0 Å². The number of ether oxygens (including phenoxy) is 2. The van der Waals surface area contributed by atoms with Gasteiger partial charge in [-0.05, 0) is 95.4 Å². The van der Waals surface area contributed by atoms with Gasteiger partial charge in [-0.1, -0.05) is 32.0 Å². The van der Waals surface area contributed by atoms with Gasteiger partial charge in [0.15, 0.2) is 0 Å². The Balaban J connectivity index is 1.35. The Morgan fingerprint density at radius 3 is 1.59 bits per heavy atom. The van der Waals surface area contributed by atoms with Gasteiger partial charge in [-0.15, -0.1) is 0 Å². The highest BCUT2D eigenvalue weighted by Crippen LogP contribution is 2.56. The zero-order valence-electron chi connectivity index (χ0n) is 18.2. The number of hydrogen-bond donors (Lipinski definition) is 2. The van der Waals surface area contributed by atoms with Crippen LogP contribution in [-0.2, 0) is 5.41 Å². The first-order chi connectivity index (χ1) is 15.4. The van der Waals surface area contributed by atoms with E-state index in [0.717, 1.165) is 34.4 Å². The third-order valence-electron chi connectivity index (χ3n) is 6.60. The topological polar surface area (TPSA) is 70.5 Å². The van der Waals surface area contributed by atoms with Gasteiger partial charge in [0.25, 0.3) is 0 Å². The summed E-state index contributed by atoms with van der Waals surface area (Å²) >= 11 is 0. The molecule has 4 aromatic carbocycles. The average Bonchev–Trinajstić information content (AvgIpc) is 2.82. The predicted octanol–water partition coefficient (Wildman–Crippen LogP) is 6.86. The van der Waals surface area contributed by atoms with Crippen LogP contribution in [0.2, 0.25) is 0 Å². The largest absolute Gasteiger partial charge is 0.457 e. The Kier molecular flexibility index (Phi) is 4.78. The lowest BCUT2D eigenvalue weighted by Gasteiger charge is -2.48. The lowest BCUT2D eigenvalue weighted by molar-refractivity contribution is 0.398. The molecular weight excluding hydrogens is 396 g/mol. The number of hydrogen-bond acceptors (Lipinski definition) is 4. The van der Waals surface area contributed by atoms with Crippen LogP contribution >= 0.6 is 0 Å². The molecule has 0 amide bonds. The molecule has 0 spiro atoms. The Bertz CT molecular complexity index is 1250. The minimum absolute atomic E-state index is 0.0468. The SMILES string of the molecule is CC1c2cc(Oc3ccc(N)cc3)ccc2C1(C)c1ccc(Oc2ccc(N)cc2)cc1. The average molecular weight is 423 g/mol. The Labute approximate surface area is 188 Å². The molecule has 4 nitrogen and oxygen atoms in total. The molecule has 2 atom stereocenters. The number of anilines is 2. The fourth-order valence-corrected chi connectivity index (χ4v) is 4.52. The van der Waals surface area contributed by atoms with Crippen LogP contribution in [0, 0.1) is 0 Å². The number of nitrogens with two attached hydrogens (primary N) is 2. The number of fused-ring (bicyclic) bond motifs is 1. The fourth-order valence-electron chi connectivity index (χ4n) is 4.52. The van der Waals surface area contributed by atoms with Crippen LogP contribution in [-0.4, -0.2) is 0 Å². The van der Waals surface area contributed by atoms with Crippen LogP contribution in [0.15, 0.2) is 91.0 Å². The van der Waals surface area contributed by atoms with E-state index in [1.165, 1.54) is 16.7 Å². The summed E-state index contributed by atoms with van der Waals surface area (Å²) in [6, 6.07) is 29.6. The highest BCUT2D eigenvalue weighted by atomic mass is 16.5. The minimum Gasteiger partial charge on any atom is -0.457 e. The molecule has 4 heteroatoms. The van der Waals surface area contributed by atoms with Crippen molar-refractivity contribution >= 4 is 11.4 Å². The Morgan fingerprint density at radius 1 is 0.625 bits per heavy atom. The van der Waals surface area contributed by atoms with Gasteiger partial charge in [0, 0.05) is 16.8 Å². The third-order valence-corrected chi connectivity index (χ3v) is 6.60. The Morgan fingerprint density at radius 2 is 1.06 bits per heavy atom. The van der Waals surface area contributed by atoms with E-state index in [1.54, 1.807) is 0 Å². The highest BCUT2D eigenvalue weighted by Gasteiger charge is 2.46. The molecule has 0 heterocycles. The molecule has 5 rings (SSSR count). The molecule has 0 radical (unpaired) electrons. The van der Waals surface area contributed by atoms with Crippen molar-refractivity contribution in [3.05, 3.63) is 108 Å². The van der Waals surface area contributed by atoms with E-state index in [9.17, 15) is 0 Å². The number of benzene rings is 4. The van der Waals surface area contributed by atoms with Gasteiger partial charge < -0.3 is 20.9 Å². The zero-order chi connectivity index (χ0) is 22.3. The van der Waals surface area contributed by atoms with Crippen molar-refractivity contribution < 1.29 is 9.47 Å². The minimum atomic E-state index is -0.0468. The number of nitrogen functional groups attached to an aromatic ring is 2. The summed E-state index contributed by atoms with van der Waals surface area (Å²) in [5, 5.41) is 0. The summed E-state index contributed by atoms with van der Waals surface area (Å²) in [7, 11) is 0. The van der Waals surface area contributed by atoms with Crippen molar-refractivity contribution in [2.24, 2.45) is 0 Å². The first-order valence-electron chi connectivity index (χ1n) is 10.8. The molecule has 0 aliphatic heterocycles. The van der Waals surface area contributed by atoms with Crippen LogP contribution in [0.25, 0.3) is 0 Å². The summed E-state index contributed by atoms with van der Waals surface area (Å²) < 4.78 is 12.0. The van der Waals surface area contributed by atoms with E-state index in [2.05, 4.69) is 38.1 Å². The van der Waals surface area contributed by atoms with E-state index >= 15 is 0 Å². The van der Waals surface area contributed by atoms with E-state index in [4.69, 9.17) is 20.9 Å². The highest BCUT2D eigenvalue weighted by molar-refractivity contribution is 5.59. The van der Waals surface area contributed by atoms with Gasteiger partial charge in [-0.2, -0.15) is 0 Å². The molecule has 0 saturated carbocycles. The summed E-state index contributed by atoms with van der Waals surface area (Å²) in [4.78, 5) is 0. The number of rotatable bonds is 5. The van der Waals surface area contributed by atoms with Gasteiger partial charge in [-0.3, -0.25) is 0 Å². The molecule has 0 bridgehead atoms. The molecule has 4 N–H and O–H groups in total. The smallest absolute Gasteiger partial charge is 0.127 e. The van der Waals surface area contributed by atoms with Crippen molar-refractivity contribution in [1.82, 2.24) is 0 Å². The molecule has 0 aromatic heterocycles. The first-order valence-corrected chi connectivity index (χ1v) is 10.8. The van der Waals surface area contributed by atoms with Crippen LogP contribution in [0.4, 0.5) is 11.4 Å². The van der Waals surface area contributed by atoms with Crippen LogP contribution in [0.1, 0.15) is 36.5 Å². The van der Waals surface area contributed by atoms with E-state index < -0.39 is 0 Å². The summed E-state index contributed by atoms with van der Waals surface area (Å²) in [5.41, 5.74) is 16.8. The predicted molar refractivity (Wildman–Crippen MR) is 130 cm³/mol. The lowest BCUT2D eigenvalue weighted by Crippen LogP contribution is -2.40. The molecule has 160 valence electrons. The molecule has 4 aromatic rings. The van der Waals surface area contributed by atoms with Crippen molar-refractivity contribution in [2.75, 3.05) is 11.5 Å². The van der Waals surface area contributed by atoms with E-state index in [1.807, 2.05) is 66.7 Å². The van der Waals surface area contributed by atoms with Crippen LogP contribution < -0.4 is 20.9 Å². The molecular formula is C28H26N2O2. The first kappa shape index (κ1) is 20.0. The molecule has 1 aliphatic rings. The van der Waals surface area contributed by atoms with Crippen LogP contribution in [0.3, 0.4) is 0 Å². The van der Waals surface area contributed by atoms with E-state index in [0.29, 0.717) is 5.92 Å². The molecule has 2 unspecified atom stereocenters. The third kappa shape index (κ3) is 3.44.